The van der Waals surface area contributed by atoms with Crippen molar-refractivity contribution in [2.24, 2.45) is 0 Å². The van der Waals surface area contributed by atoms with E-state index in [4.69, 9.17) is 0 Å². The van der Waals surface area contributed by atoms with Crippen LogP contribution in [0.25, 0.3) is 0 Å². The van der Waals surface area contributed by atoms with Crippen molar-refractivity contribution in [2.75, 3.05) is 6.54 Å². The standard InChI is InChI=1S/C15H21NO4.Na.H2O/c17-13-9-6-5-8-12(13)15(20)16-11-7-3-1-2-4-10-14(18)19;;/h5-6,8-9,17H,1-4,7,10-11H2,(H,16,20)(H,18,19);;1H2/q;+1;/p-1. The molecule has 6 nitrogen and oxygen atoms in total. The van der Waals surface area contributed by atoms with Crippen LogP contribution in [0.1, 0.15) is 48.9 Å². The molecule has 0 spiro atoms. The summed E-state index contributed by atoms with van der Waals surface area (Å²) < 4.78 is 0. The quantitative estimate of drug-likeness (QED) is 0.383. The van der Waals surface area contributed by atoms with E-state index in [0.717, 1.165) is 25.7 Å². The molecule has 0 aliphatic heterocycles. The molecule has 0 saturated carbocycles. The molecule has 0 saturated heterocycles. The summed E-state index contributed by atoms with van der Waals surface area (Å²) in [6.45, 7) is 0.549. The summed E-state index contributed by atoms with van der Waals surface area (Å²) in [7, 11) is 0. The minimum Gasteiger partial charge on any atom is -0.550 e. The molecule has 0 aromatic heterocycles. The van der Waals surface area contributed by atoms with Crippen molar-refractivity contribution in [3.63, 3.8) is 0 Å². The van der Waals surface area contributed by atoms with E-state index in [1.165, 1.54) is 6.07 Å². The van der Waals surface area contributed by atoms with E-state index in [0.29, 0.717) is 13.0 Å². The molecule has 0 aliphatic rings. The fourth-order valence-corrected chi connectivity index (χ4v) is 1.89. The summed E-state index contributed by atoms with van der Waals surface area (Å²) in [5.41, 5.74) is 0.279. The van der Waals surface area contributed by atoms with Gasteiger partial charge in [0.15, 0.2) is 0 Å². The van der Waals surface area contributed by atoms with E-state index >= 15 is 0 Å². The van der Waals surface area contributed by atoms with Crippen molar-refractivity contribution >= 4 is 11.9 Å². The summed E-state index contributed by atoms with van der Waals surface area (Å²) >= 11 is 0. The Kier molecular flexibility index (Phi) is 14.3. The number of para-hydroxylation sites is 1. The number of hydrogen-bond acceptors (Lipinski definition) is 4. The maximum absolute atomic E-state index is 11.7. The number of benzene rings is 1. The maximum atomic E-state index is 11.7. The molecule has 0 bridgehead atoms. The second kappa shape index (κ2) is 13.6. The van der Waals surface area contributed by atoms with Crippen LogP contribution in [0.3, 0.4) is 0 Å². The fraction of sp³-hybridized carbons (Fsp3) is 0.467. The van der Waals surface area contributed by atoms with Crippen LogP contribution in [0.5, 0.6) is 5.75 Å². The number of carboxylic acid groups (broad SMARTS) is 1. The molecule has 7 heteroatoms. The van der Waals surface area contributed by atoms with Gasteiger partial charge in [0.05, 0.1) is 5.56 Å². The largest absolute Gasteiger partial charge is 1.00 e. The maximum Gasteiger partial charge on any atom is 1.00 e. The Morgan fingerprint density at radius 1 is 1.05 bits per heavy atom. The van der Waals surface area contributed by atoms with Crippen LogP contribution in [0.2, 0.25) is 0 Å². The number of carbonyl (C=O) groups excluding carboxylic acids is 2. The molecule has 0 atom stereocenters. The van der Waals surface area contributed by atoms with Gasteiger partial charge in [-0.25, -0.2) is 0 Å². The average molecular weight is 319 g/mol. The Morgan fingerprint density at radius 2 is 1.64 bits per heavy atom. The molecule has 22 heavy (non-hydrogen) atoms. The second-order valence-electron chi connectivity index (χ2n) is 4.66. The number of nitrogens with one attached hydrogen (secondary N) is 1. The van der Waals surface area contributed by atoms with Gasteiger partial charge in [-0.3, -0.25) is 4.79 Å². The van der Waals surface area contributed by atoms with Gasteiger partial charge in [-0.2, -0.15) is 0 Å². The predicted octanol–water partition coefficient (Wildman–Crippen LogP) is -2.61. The van der Waals surface area contributed by atoms with Gasteiger partial charge < -0.3 is 25.8 Å². The number of aliphatic carboxylic acids is 1. The summed E-state index contributed by atoms with van der Waals surface area (Å²) in [5.74, 6) is -1.30. The summed E-state index contributed by atoms with van der Waals surface area (Å²) in [6.07, 6.45) is 4.34. The Hall–Kier alpha value is -1.08. The van der Waals surface area contributed by atoms with E-state index in [1.807, 2.05) is 0 Å². The van der Waals surface area contributed by atoms with E-state index in [9.17, 15) is 19.8 Å². The third-order valence-corrected chi connectivity index (χ3v) is 2.99. The van der Waals surface area contributed by atoms with E-state index in [-0.39, 0.29) is 58.7 Å². The Balaban J connectivity index is 0. The minimum atomic E-state index is -1.00. The smallest absolute Gasteiger partial charge is 0.550 e. The third kappa shape index (κ3) is 9.78. The van der Waals surface area contributed by atoms with E-state index in [1.54, 1.807) is 18.2 Å². The number of carbonyl (C=O) groups is 2. The first kappa shape index (κ1) is 23.2. The van der Waals surface area contributed by atoms with Crippen molar-refractivity contribution in [3.8, 4) is 5.75 Å². The number of rotatable bonds is 9. The molecule has 4 N–H and O–H groups in total. The third-order valence-electron chi connectivity index (χ3n) is 2.99. The summed E-state index contributed by atoms with van der Waals surface area (Å²) in [5, 5.41) is 22.5. The number of aromatic hydroxyl groups is 1. The fourth-order valence-electron chi connectivity index (χ4n) is 1.89. The molecule has 1 aromatic rings. The van der Waals surface area contributed by atoms with Crippen molar-refractivity contribution in [3.05, 3.63) is 29.8 Å². The van der Waals surface area contributed by atoms with Crippen LogP contribution in [0.15, 0.2) is 24.3 Å². The number of phenolic OH excluding ortho intramolecular Hbond substituents is 1. The van der Waals surface area contributed by atoms with Crippen LogP contribution in [-0.2, 0) is 4.79 Å². The SMILES string of the molecule is O.O=C([O-])CCCCCCCNC(=O)c1ccccc1O.[Na+]. The molecule has 0 fully saturated rings. The Bertz CT molecular complexity index is 453. The first-order chi connectivity index (χ1) is 9.61. The van der Waals surface area contributed by atoms with Crippen molar-refractivity contribution in [1.82, 2.24) is 5.32 Å². The van der Waals surface area contributed by atoms with Crippen LogP contribution in [0, 0.1) is 0 Å². The molecular weight excluding hydrogens is 297 g/mol. The molecule has 1 rings (SSSR count). The molecule has 118 valence electrons. The van der Waals surface area contributed by atoms with Crippen molar-refractivity contribution in [1.29, 1.82) is 0 Å². The number of hydrogen-bond donors (Lipinski definition) is 2. The zero-order valence-electron chi connectivity index (χ0n) is 12.9. The molecule has 0 unspecified atom stereocenters. The molecule has 1 aromatic carbocycles. The summed E-state index contributed by atoms with van der Waals surface area (Å²) in [4.78, 5) is 21.9. The average Bonchev–Trinajstić information content (AvgIpc) is 2.41. The van der Waals surface area contributed by atoms with E-state index < -0.39 is 5.97 Å². The summed E-state index contributed by atoms with van der Waals surface area (Å²) in [6, 6.07) is 6.42. The van der Waals surface area contributed by atoms with Gasteiger partial charge in [-0.1, -0.05) is 31.4 Å². The number of carboxylic acids is 1. The monoisotopic (exact) mass is 319 g/mol. The van der Waals surface area contributed by atoms with E-state index in [2.05, 4.69) is 5.32 Å². The number of amides is 1. The van der Waals surface area contributed by atoms with Gasteiger partial charge in [0, 0.05) is 12.5 Å². The first-order valence-corrected chi connectivity index (χ1v) is 6.87. The van der Waals surface area contributed by atoms with Crippen LogP contribution in [-0.4, -0.2) is 29.0 Å². The van der Waals surface area contributed by atoms with Gasteiger partial charge >= 0.3 is 29.6 Å². The van der Waals surface area contributed by atoms with Gasteiger partial charge in [-0.05, 0) is 31.4 Å². The molecule has 0 heterocycles. The van der Waals surface area contributed by atoms with Crippen LogP contribution in [0.4, 0.5) is 0 Å². The normalized spacial score (nSPS) is 9.27. The van der Waals surface area contributed by atoms with Crippen molar-refractivity contribution < 1.29 is 54.8 Å². The van der Waals surface area contributed by atoms with Crippen LogP contribution >= 0.6 is 0 Å². The minimum absolute atomic E-state index is 0. The zero-order chi connectivity index (χ0) is 14.8. The molecular formula is C15H22NNaO5. The second-order valence-corrected chi connectivity index (χ2v) is 4.66. The molecule has 1 amide bonds. The zero-order valence-corrected chi connectivity index (χ0v) is 14.9. The Labute approximate surface area is 152 Å². The van der Waals surface area contributed by atoms with Gasteiger partial charge in [0.25, 0.3) is 5.91 Å². The molecule has 0 aliphatic carbocycles. The van der Waals surface area contributed by atoms with Gasteiger partial charge in [-0.15, -0.1) is 0 Å². The Morgan fingerprint density at radius 3 is 2.27 bits per heavy atom. The predicted molar refractivity (Wildman–Crippen MR) is 76.8 cm³/mol. The number of unbranched alkanes of at least 4 members (excludes halogenated alkanes) is 4. The first-order valence-electron chi connectivity index (χ1n) is 6.87. The molecule has 0 radical (unpaired) electrons. The van der Waals surface area contributed by atoms with Crippen molar-refractivity contribution in [2.45, 2.75) is 38.5 Å². The van der Waals surface area contributed by atoms with Crippen LogP contribution < -0.4 is 40.0 Å². The number of phenols is 1. The topological polar surface area (TPSA) is 121 Å². The van der Waals surface area contributed by atoms with Gasteiger partial charge in [0.2, 0.25) is 0 Å². The van der Waals surface area contributed by atoms with Gasteiger partial charge in [0.1, 0.15) is 5.75 Å².